The number of benzene rings is 1. The molecule has 0 aliphatic rings. The number of nitrogens with one attached hydrogen (secondary N) is 2. The van der Waals surface area contributed by atoms with Crippen LogP contribution in [0.4, 0.5) is 0 Å². The van der Waals surface area contributed by atoms with Crippen LogP contribution >= 0.6 is 11.6 Å². The van der Waals surface area contributed by atoms with Crippen LogP contribution in [0.3, 0.4) is 0 Å². The van der Waals surface area contributed by atoms with Gasteiger partial charge in [0.2, 0.25) is 5.91 Å². The summed E-state index contributed by atoms with van der Waals surface area (Å²) >= 11 is 6.02. The summed E-state index contributed by atoms with van der Waals surface area (Å²) in [5, 5.41) is 3.32. The topological polar surface area (TPSA) is 62.0 Å². The van der Waals surface area contributed by atoms with Crippen LogP contribution in [0.2, 0.25) is 5.02 Å². The molecule has 0 aliphatic carbocycles. The molecule has 0 unspecified atom stereocenters. The Hall–Kier alpha value is -2.07. The van der Waals surface area contributed by atoms with E-state index in [1.165, 1.54) is 0 Å². The number of amides is 1. The van der Waals surface area contributed by atoms with E-state index < -0.39 is 0 Å². The standard InChI is InChI=1S/C16H17ClN2O2/c1-10-7-11(2)19-16(21)13(10)9-18-15(20)8-12-5-3-4-6-14(12)17/h3-7H,8-9H2,1-2H3,(H,18,20)(H,19,21). The molecule has 1 aromatic heterocycles. The number of H-pyrrole nitrogens is 1. The van der Waals surface area contributed by atoms with Crippen LogP contribution in [0.5, 0.6) is 0 Å². The number of halogens is 1. The van der Waals surface area contributed by atoms with Gasteiger partial charge in [0.1, 0.15) is 0 Å². The minimum Gasteiger partial charge on any atom is -0.352 e. The van der Waals surface area contributed by atoms with E-state index in [0.717, 1.165) is 16.8 Å². The summed E-state index contributed by atoms with van der Waals surface area (Å²) in [7, 11) is 0. The van der Waals surface area contributed by atoms with Gasteiger partial charge in [-0.3, -0.25) is 9.59 Å². The summed E-state index contributed by atoms with van der Waals surface area (Å²) < 4.78 is 0. The summed E-state index contributed by atoms with van der Waals surface area (Å²) in [6, 6.07) is 9.10. The first-order valence-corrected chi connectivity index (χ1v) is 7.04. The van der Waals surface area contributed by atoms with Gasteiger partial charge in [-0.15, -0.1) is 0 Å². The van der Waals surface area contributed by atoms with E-state index in [9.17, 15) is 9.59 Å². The Morgan fingerprint density at radius 2 is 2.00 bits per heavy atom. The van der Waals surface area contributed by atoms with Gasteiger partial charge in [-0.05, 0) is 37.1 Å². The number of carbonyl (C=O) groups is 1. The quantitative estimate of drug-likeness (QED) is 0.911. The maximum Gasteiger partial charge on any atom is 0.253 e. The molecular formula is C16H17ClN2O2. The smallest absolute Gasteiger partial charge is 0.253 e. The third-order valence-electron chi connectivity index (χ3n) is 3.26. The third kappa shape index (κ3) is 3.95. The molecule has 1 aromatic carbocycles. The molecule has 0 bridgehead atoms. The van der Waals surface area contributed by atoms with Crippen molar-refractivity contribution in [1.82, 2.24) is 10.3 Å². The molecular weight excluding hydrogens is 288 g/mol. The molecule has 0 saturated heterocycles. The highest BCUT2D eigenvalue weighted by Gasteiger charge is 2.09. The first-order chi connectivity index (χ1) is 9.97. The second kappa shape index (κ2) is 6.59. The Bertz CT molecular complexity index is 722. The van der Waals surface area contributed by atoms with E-state index >= 15 is 0 Å². The zero-order valence-electron chi connectivity index (χ0n) is 12.0. The van der Waals surface area contributed by atoms with Crippen LogP contribution in [0.1, 0.15) is 22.4 Å². The first-order valence-electron chi connectivity index (χ1n) is 6.67. The molecule has 0 fully saturated rings. The maximum atomic E-state index is 11.9. The van der Waals surface area contributed by atoms with Gasteiger partial charge in [0, 0.05) is 22.8 Å². The molecule has 2 aromatic rings. The third-order valence-corrected chi connectivity index (χ3v) is 3.63. The molecule has 2 rings (SSSR count). The largest absolute Gasteiger partial charge is 0.352 e. The van der Waals surface area contributed by atoms with Gasteiger partial charge in [0.25, 0.3) is 5.56 Å². The number of aromatic nitrogens is 1. The predicted molar refractivity (Wildman–Crippen MR) is 83.5 cm³/mol. The molecule has 4 nitrogen and oxygen atoms in total. The maximum absolute atomic E-state index is 11.9. The molecule has 0 atom stereocenters. The highest BCUT2D eigenvalue weighted by atomic mass is 35.5. The van der Waals surface area contributed by atoms with Crippen molar-refractivity contribution in [3.8, 4) is 0 Å². The van der Waals surface area contributed by atoms with E-state index in [2.05, 4.69) is 10.3 Å². The van der Waals surface area contributed by atoms with Crippen LogP contribution < -0.4 is 10.9 Å². The van der Waals surface area contributed by atoms with Gasteiger partial charge in [-0.1, -0.05) is 29.8 Å². The average molecular weight is 305 g/mol. The fourth-order valence-electron chi connectivity index (χ4n) is 2.17. The van der Waals surface area contributed by atoms with Crippen molar-refractivity contribution in [2.45, 2.75) is 26.8 Å². The Morgan fingerprint density at radius 1 is 1.29 bits per heavy atom. The van der Waals surface area contributed by atoms with Crippen molar-refractivity contribution in [3.63, 3.8) is 0 Å². The van der Waals surface area contributed by atoms with Gasteiger partial charge in [-0.2, -0.15) is 0 Å². The number of hydrogen-bond acceptors (Lipinski definition) is 2. The highest BCUT2D eigenvalue weighted by Crippen LogP contribution is 2.15. The van der Waals surface area contributed by atoms with E-state index in [4.69, 9.17) is 11.6 Å². The normalized spacial score (nSPS) is 10.4. The molecule has 110 valence electrons. The lowest BCUT2D eigenvalue weighted by Gasteiger charge is -2.09. The first kappa shape index (κ1) is 15.3. The molecule has 5 heteroatoms. The number of hydrogen-bond donors (Lipinski definition) is 2. The van der Waals surface area contributed by atoms with E-state index in [1.54, 1.807) is 6.07 Å². The van der Waals surface area contributed by atoms with Gasteiger partial charge in [0.15, 0.2) is 0 Å². The van der Waals surface area contributed by atoms with Crippen LogP contribution in [-0.4, -0.2) is 10.9 Å². The number of pyridine rings is 1. The van der Waals surface area contributed by atoms with Crippen LogP contribution in [0.25, 0.3) is 0 Å². The fraction of sp³-hybridized carbons (Fsp3) is 0.250. The Kier molecular flexibility index (Phi) is 4.81. The van der Waals surface area contributed by atoms with Gasteiger partial charge in [0.05, 0.1) is 6.42 Å². The van der Waals surface area contributed by atoms with Gasteiger partial charge in [-0.25, -0.2) is 0 Å². The van der Waals surface area contributed by atoms with Crippen molar-refractivity contribution in [2.24, 2.45) is 0 Å². The van der Waals surface area contributed by atoms with Crippen molar-refractivity contribution in [3.05, 3.63) is 68.1 Å². The van der Waals surface area contributed by atoms with Crippen LogP contribution in [-0.2, 0) is 17.8 Å². The van der Waals surface area contributed by atoms with Crippen LogP contribution in [0, 0.1) is 13.8 Å². The van der Waals surface area contributed by atoms with Crippen molar-refractivity contribution in [1.29, 1.82) is 0 Å². The minimum atomic E-state index is -0.164. The lowest BCUT2D eigenvalue weighted by atomic mass is 10.1. The van der Waals surface area contributed by atoms with E-state index in [-0.39, 0.29) is 24.4 Å². The number of aryl methyl sites for hydroxylation is 2. The second-order valence-corrected chi connectivity index (χ2v) is 5.40. The molecule has 0 radical (unpaired) electrons. The summed E-state index contributed by atoms with van der Waals surface area (Å²) in [6.45, 7) is 3.90. The monoisotopic (exact) mass is 304 g/mol. The van der Waals surface area contributed by atoms with E-state index in [1.807, 2.05) is 38.1 Å². The van der Waals surface area contributed by atoms with Gasteiger partial charge >= 0.3 is 0 Å². The van der Waals surface area contributed by atoms with Crippen molar-refractivity contribution >= 4 is 17.5 Å². The average Bonchev–Trinajstić information content (AvgIpc) is 2.40. The Labute approximate surface area is 128 Å². The van der Waals surface area contributed by atoms with Crippen molar-refractivity contribution in [2.75, 3.05) is 0 Å². The number of carbonyl (C=O) groups excluding carboxylic acids is 1. The van der Waals surface area contributed by atoms with Crippen molar-refractivity contribution < 1.29 is 4.79 Å². The summed E-state index contributed by atoms with van der Waals surface area (Å²) in [5.41, 5.74) is 2.86. The van der Waals surface area contributed by atoms with E-state index in [0.29, 0.717) is 10.6 Å². The molecule has 0 spiro atoms. The molecule has 21 heavy (non-hydrogen) atoms. The summed E-state index contributed by atoms with van der Waals surface area (Å²) in [4.78, 5) is 26.5. The molecule has 0 saturated carbocycles. The lowest BCUT2D eigenvalue weighted by Crippen LogP contribution is -2.29. The molecule has 2 N–H and O–H groups in total. The summed E-state index contributed by atoms with van der Waals surface area (Å²) in [6.07, 6.45) is 0.197. The molecule has 1 amide bonds. The molecule has 1 heterocycles. The lowest BCUT2D eigenvalue weighted by molar-refractivity contribution is -0.120. The number of aromatic amines is 1. The zero-order chi connectivity index (χ0) is 15.4. The SMILES string of the molecule is Cc1cc(C)c(CNC(=O)Cc2ccccc2Cl)c(=O)[nH]1. The fourth-order valence-corrected chi connectivity index (χ4v) is 2.37. The predicted octanol–water partition coefficient (Wildman–Crippen LogP) is 2.50. The minimum absolute atomic E-state index is 0.162. The number of rotatable bonds is 4. The second-order valence-electron chi connectivity index (χ2n) is 4.99. The summed E-state index contributed by atoms with van der Waals surface area (Å²) in [5.74, 6) is -0.164. The van der Waals surface area contributed by atoms with Gasteiger partial charge < -0.3 is 10.3 Å². The Balaban J connectivity index is 2.02. The highest BCUT2D eigenvalue weighted by molar-refractivity contribution is 6.31. The zero-order valence-corrected chi connectivity index (χ0v) is 12.8. The Morgan fingerprint density at radius 3 is 2.67 bits per heavy atom. The van der Waals surface area contributed by atoms with Crippen LogP contribution in [0.15, 0.2) is 35.1 Å². The molecule has 0 aliphatic heterocycles.